The number of ether oxygens (including phenoxy) is 1. The van der Waals surface area contributed by atoms with E-state index in [4.69, 9.17) is 4.74 Å². The molecule has 10 heteroatoms. The normalized spacial score (nSPS) is 20.5. The summed E-state index contributed by atoms with van der Waals surface area (Å²) in [6, 6.07) is 7.08. The van der Waals surface area contributed by atoms with Crippen LogP contribution in [-0.4, -0.2) is 63.6 Å². The monoisotopic (exact) mass is 473 g/mol. The number of aromatic hydroxyl groups is 1. The summed E-state index contributed by atoms with van der Waals surface area (Å²) in [5.74, 6) is 0.0268. The molecule has 2 aromatic heterocycles. The summed E-state index contributed by atoms with van der Waals surface area (Å²) in [7, 11) is 0. The molecular formula is C24H26F3N5O2. The second-order valence-corrected chi connectivity index (χ2v) is 8.85. The maximum atomic E-state index is 13.0. The highest BCUT2D eigenvalue weighted by molar-refractivity contribution is 5.98. The van der Waals surface area contributed by atoms with Gasteiger partial charge in [-0.25, -0.2) is 0 Å². The number of anilines is 1. The molecule has 34 heavy (non-hydrogen) atoms. The van der Waals surface area contributed by atoms with Gasteiger partial charge in [0.1, 0.15) is 17.0 Å². The number of rotatable bonds is 4. The molecule has 2 fully saturated rings. The molecular weight excluding hydrogens is 447 g/mol. The molecule has 0 amide bonds. The number of piperidine rings is 1. The minimum atomic E-state index is -4.54. The first-order chi connectivity index (χ1) is 16.4. The molecule has 0 saturated carbocycles. The van der Waals surface area contributed by atoms with Crippen molar-refractivity contribution in [3.05, 3.63) is 42.1 Å². The molecule has 5 rings (SSSR count). The van der Waals surface area contributed by atoms with Gasteiger partial charge in [-0.1, -0.05) is 0 Å². The summed E-state index contributed by atoms with van der Waals surface area (Å²) in [5, 5.41) is 23.0. The van der Waals surface area contributed by atoms with Crippen molar-refractivity contribution < 1.29 is 23.0 Å². The lowest BCUT2D eigenvalue weighted by Crippen LogP contribution is -2.48. The van der Waals surface area contributed by atoms with Crippen LogP contribution >= 0.6 is 0 Å². The van der Waals surface area contributed by atoms with E-state index in [-0.39, 0.29) is 17.3 Å². The van der Waals surface area contributed by atoms with Gasteiger partial charge in [0.25, 0.3) is 0 Å². The highest BCUT2D eigenvalue weighted by atomic mass is 19.4. The van der Waals surface area contributed by atoms with E-state index in [1.165, 1.54) is 6.07 Å². The van der Waals surface area contributed by atoms with Crippen LogP contribution < -0.4 is 5.32 Å². The second kappa shape index (κ2) is 9.34. The van der Waals surface area contributed by atoms with Crippen LogP contribution in [-0.2, 0) is 10.9 Å². The summed E-state index contributed by atoms with van der Waals surface area (Å²) in [5.41, 5.74) is 0.101. The number of pyridine rings is 1. The van der Waals surface area contributed by atoms with E-state index in [0.29, 0.717) is 28.8 Å². The molecule has 180 valence electrons. The van der Waals surface area contributed by atoms with Crippen molar-refractivity contribution in [2.45, 2.75) is 43.9 Å². The molecule has 7 nitrogen and oxygen atoms in total. The molecule has 3 aromatic rings. The average Bonchev–Trinajstić information content (AvgIpc) is 2.85. The van der Waals surface area contributed by atoms with Gasteiger partial charge in [0, 0.05) is 49.0 Å². The minimum absolute atomic E-state index is 0.174. The predicted octanol–water partition coefficient (Wildman–Crippen LogP) is 4.47. The first-order valence-electron chi connectivity index (χ1n) is 11.5. The number of hydrogen-bond donors (Lipinski definition) is 2. The zero-order chi connectivity index (χ0) is 23.7. The molecule has 0 bridgehead atoms. The highest BCUT2D eigenvalue weighted by Gasteiger charge is 2.32. The van der Waals surface area contributed by atoms with E-state index >= 15 is 0 Å². The van der Waals surface area contributed by atoms with Gasteiger partial charge in [0.15, 0.2) is 5.82 Å². The Morgan fingerprint density at radius 3 is 2.68 bits per heavy atom. The topological polar surface area (TPSA) is 83.4 Å². The summed E-state index contributed by atoms with van der Waals surface area (Å²) in [6.45, 7) is 3.57. The van der Waals surface area contributed by atoms with E-state index in [0.717, 1.165) is 58.1 Å². The lowest BCUT2D eigenvalue weighted by molar-refractivity contribution is -0.137. The number of nitrogens with one attached hydrogen (secondary N) is 1. The molecule has 2 aliphatic rings. The second-order valence-electron chi connectivity index (χ2n) is 8.85. The van der Waals surface area contributed by atoms with Crippen LogP contribution in [0.3, 0.4) is 0 Å². The fourth-order valence-corrected chi connectivity index (χ4v) is 4.89. The molecule has 0 radical (unpaired) electrons. The van der Waals surface area contributed by atoms with Crippen molar-refractivity contribution in [1.29, 1.82) is 0 Å². The molecule has 0 spiro atoms. The first-order valence-corrected chi connectivity index (χ1v) is 11.5. The zero-order valence-corrected chi connectivity index (χ0v) is 18.6. The maximum absolute atomic E-state index is 13.0. The van der Waals surface area contributed by atoms with Gasteiger partial charge in [-0.2, -0.15) is 13.2 Å². The van der Waals surface area contributed by atoms with E-state index in [9.17, 15) is 18.3 Å². The Morgan fingerprint density at radius 1 is 1.09 bits per heavy atom. The summed E-state index contributed by atoms with van der Waals surface area (Å²) >= 11 is 0. The number of halogens is 3. The number of phenols is 1. The maximum Gasteiger partial charge on any atom is 0.416 e. The van der Waals surface area contributed by atoms with E-state index < -0.39 is 17.5 Å². The Hall–Kier alpha value is -2.98. The number of nitrogens with zero attached hydrogens (tertiary/aromatic N) is 4. The van der Waals surface area contributed by atoms with Crippen LogP contribution in [0.15, 0.2) is 36.5 Å². The van der Waals surface area contributed by atoms with Crippen molar-refractivity contribution in [3.8, 4) is 17.0 Å². The van der Waals surface area contributed by atoms with Crippen molar-refractivity contribution in [3.63, 3.8) is 0 Å². The van der Waals surface area contributed by atoms with Gasteiger partial charge in [0.05, 0.1) is 5.56 Å². The molecule has 2 N–H and O–H groups in total. The fourth-order valence-electron chi connectivity index (χ4n) is 4.89. The van der Waals surface area contributed by atoms with E-state index in [2.05, 4.69) is 25.4 Å². The smallest absolute Gasteiger partial charge is 0.416 e. The molecule has 2 saturated heterocycles. The quantitative estimate of drug-likeness (QED) is 0.578. The van der Waals surface area contributed by atoms with Crippen molar-refractivity contribution in [1.82, 2.24) is 20.1 Å². The van der Waals surface area contributed by atoms with Gasteiger partial charge in [-0.3, -0.25) is 9.88 Å². The molecule has 1 atom stereocenters. The lowest BCUT2D eigenvalue weighted by Gasteiger charge is -2.40. The van der Waals surface area contributed by atoms with Gasteiger partial charge in [-0.05, 0) is 62.6 Å². The largest absolute Gasteiger partial charge is 0.507 e. The molecule has 2 aliphatic heterocycles. The number of alkyl halides is 3. The standard InChI is InChI=1S/C24H26F3N5O2/c25-24(26,27)15-5-6-18(20(33)13-15)21-19-4-1-9-28-22(19)23(31-30-21)29-16-3-2-10-32(14-16)17-7-11-34-12-8-17/h1,4-6,9,13,16-17,33H,2-3,7-8,10-12,14H2,(H,29,31)/t16-/m1/s1. The summed E-state index contributed by atoms with van der Waals surface area (Å²) in [4.78, 5) is 6.99. The highest BCUT2D eigenvalue weighted by Crippen LogP contribution is 2.38. The van der Waals surface area contributed by atoms with Crippen molar-refractivity contribution in [2.75, 3.05) is 31.6 Å². The van der Waals surface area contributed by atoms with Gasteiger partial charge < -0.3 is 15.2 Å². The number of phenolic OH excluding ortho intramolecular Hbond substituents is 1. The van der Waals surface area contributed by atoms with Crippen LogP contribution in [0.25, 0.3) is 22.2 Å². The molecule has 0 aliphatic carbocycles. The first kappa shape index (κ1) is 22.8. The SMILES string of the molecule is Oc1cc(C(F)(F)F)ccc1-c1nnc(N[C@@H]2CCCN(C3CCOCC3)C2)c2ncccc12. The molecule has 4 heterocycles. The number of fused-ring (bicyclic) bond motifs is 1. The number of benzene rings is 1. The van der Waals surface area contributed by atoms with Gasteiger partial charge in [0.2, 0.25) is 0 Å². The van der Waals surface area contributed by atoms with Crippen LogP contribution in [0.1, 0.15) is 31.2 Å². The third kappa shape index (κ3) is 4.65. The predicted molar refractivity (Wildman–Crippen MR) is 121 cm³/mol. The van der Waals surface area contributed by atoms with Crippen molar-refractivity contribution >= 4 is 16.7 Å². The zero-order valence-electron chi connectivity index (χ0n) is 18.6. The average molecular weight is 473 g/mol. The van der Waals surface area contributed by atoms with Crippen molar-refractivity contribution in [2.24, 2.45) is 0 Å². The Labute approximate surface area is 195 Å². The van der Waals surface area contributed by atoms with Crippen LogP contribution in [0.5, 0.6) is 5.75 Å². The number of aromatic nitrogens is 3. The Bertz CT molecular complexity index is 1170. The number of hydrogen-bond acceptors (Lipinski definition) is 7. The fraction of sp³-hybridized carbons (Fsp3) is 0.458. The van der Waals surface area contributed by atoms with Crippen LogP contribution in [0.2, 0.25) is 0 Å². The van der Waals surface area contributed by atoms with Crippen LogP contribution in [0, 0.1) is 0 Å². The van der Waals surface area contributed by atoms with Gasteiger partial charge in [-0.15, -0.1) is 10.2 Å². The number of likely N-dealkylation sites (tertiary alicyclic amines) is 1. The minimum Gasteiger partial charge on any atom is -0.507 e. The Kier molecular flexibility index (Phi) is 6.26. The Morgan fingerprint density at radius 2 is 1.91 bits per heavy atom. The van der Waals surface area contributed by atoms with Gasteiger partial charge >= 0.3 is 6.18 Å². The lowest BCUT2D eigenvalue weighted by atomic mass is 9.99. The van der Waals surface area contributed by atoms with E-state index in [1.807, 2.05) is 0 Å². The van der Waals surface area contributed by atoms with Crippen LogP contribution in [0.4, 0.5) is 19.0 Å². The van der Waals surface area contributed by atoms with E-state index in [1.54, 1.807) is 18.3 Å². The summed E-state index contributed by atoms with van der Waals surface area (Å²) < 4.78 is 44.5. The molecule has 1 aromatic carbocycles. The summed E-state index contributed by atoms with van der Waals surface area (Å²) in [6.07, 6.45) is 1.26. The Balaban J connectivity index is 1.42. The molecule has 0 unspecified atom stereocenters. The third-order valence-electron chi connectivity index (χ3n) is 6.62. The third-order valence-corrected chi connectivity index (χ3v) is 6.62.